The summed E-state index contributed by atoms with van der Waals surface area (Å²) in [5.41, 5.74) is 2.87. The van der Waals surface area contributed by atoms with Crippen LogP contribution in [0.5, 0.6) is 0 Å². The highest BCUT2D eigenvalue weighted by molar-refractivity contribution is 7.91. The van der Waals surface area contributed by atoms with Gasteiger partial charge in [-0.05, 0) is 26.8 Å². The van der Waals surface area contributed by atoms with Gasteiger partial charge in [-0.1, -0.05) is 6.92 Å². The molecule has 1 heterocycles. The standard InChI is InChI=1S/C11H20N2O2S2/c1-4-17(14,15)7-5-6-10(12-3)11-9(2)13-8-16-11/h8,10,12H,4-7H2,1-3H3. The third kappa shape index (κ3) is 4.37. The zero-order valence-electron chi connectivity index (χ0n) is 10.6. The van der Waals surface area contributed by atoms with Gasteiger partial charge >= 0.3 is 0 Å². The van der Waals surface area contributed by atoms with Gasteiger partial charge < -0.3 is 5.32 Å². The number of aryl methyl sites for hydroxylation is 1. The fourth-order valence-corrected chi connectivity index (χ4v) is 3.55. The van der Waals surface area contributed by atoms with E-state index in [1.54, 1.807) is 18.3 Å². The molecule has 0 aromatic carbocycles. The zero-order chi connectivity index (χ0) is 12.9. The Morgan fingerprint density at radius 3 is 2.71 bits per heavy atom. The number of hydrogen-bond acceptors (Lipinski definition) is 5. The van der Waals surface area contributed by atoms with Gasteiger partial charge in [0.25, 0.3) is 0 Å². The monoisotopic (exact) mass is 276 g/mol. The molecule has 0 bridgehead atoms. The second-order valence-corrected chi connectivity index (χ2v) is 7.38. The molecule has 17 heavy (non-hydrogen) atoms. The van der Waals surface area contributed by atoms with E-state index in [1.807, 2.05) is 19.5 Å². The predicted octanol–water partition coefficient (Wildman–Crippen LogP) is 1.93. The quantitative estimate of drug-likeness (QED) is 0.826. The Hall–Kier alpha value is -0.460. The highest BCUT2D eigenvalue weighted by atomic mass is 32.2. The van der Waals surface area contributed by atoms with E-state index in [9.17, 15) is 8.42 Å². The number of aromatic nitrogens is 1. The molecule has 1 N–H and O–H groups in total. The molecule has 0 amide bonds. The molecule has 4 nitrogen and oxygen atoms in total. The van der Waals surface area contributed by atoms with Crippen molar-refractivity contribution in [3.8, 4) is 0 Å². The topological polar surface area (TPSA) is 59.1 Å². The summed E-state index contributed by atoms with van der Waals surface area (Å²) in [6, 6.07) is 0.217. The summed E-state index contributed by atoms with van der Waals surface area (Å²) in [5, 5.41) is 3.23. The van der Waals surface area contributed by atoms with Gasteiger partial charge in [-0.2, -0.15) is 0 Å². The smallest absolute Gasteiger partial charge is 0.150 e. The predicted molar refractivity (Wildman–Crippen MR) is 72.2 cm³/mol. The second kappa shape index (κ2) is 6.47. The molecular formula is C11H20N2O2S2. The second-order valence-electron chi connectivity index (χ2n) is 4.02. The number of hydrogen-bond donors (Lipinski definition) is 1. The molecule has 0 saturated carbocycles. The van der Waals surface area contributed by atoms with Crippen LogP contribution in [0, 0.1) is 6.92 Å². The first-order chi connectivity index (χ1) is 8.00. The molecule has 1 unspecified atom stereocenters. The van der Waals surface area contributed by atoms with Crippen molar-refractivity contribution in [1.82, 2.24) is 10.3 Å². The Kier molecular flexibility index (Phi) is 5.55. The maximum atomic E-state index is 11.4. The molecule has 0 aliphatic heterocycles. The van der Waals surface area contributed by atoms with Crippen LogP contribution < -0.4 is 5.32 Å². The highest BCUT2D eigenvalue weighted by Gasteiger charge is 2.15. The largest absolute Gasteiger partial charge is 0.312 e. The van der Waals surface area contributed by atoms with Gasteiger partial charge in [0, 0.05) is 16.7 Å². The average Bonchev–Trinajstić information content (AvgIpc) is 2.71. The molecule has 1 rings (SSSR count). The van der Waals surface area contributed by atoms with Gasteiger partial charge in [0.05, 0.1) is 17.0 Å². The Morgan fingerprint density at radius 1 is 1.53 bits per heavy atom. The third-order valence-electron chi connectivity index (χ3n) is 2.84. The molecular weight excluding hydrogens is 256 g/mol. The van der Waals surface area contributed by atoms with Crippen LogP contribution in [-0.4, -0.2) is 32.0 Å². The Morgan fingerprint density at radius 2 is 2.24 bits per heavy atom. The van der Waals surface area contributed by atoms with Crippen molar-refractivity contribution >= 4 is 21.2 Å². The maximum Gasteiger partial charge on any atom is 0.150 e. The summed E-state index contributed by atoms with van der Waals surface area (Å²) in [6.07, 6.45) is 1.53. The lowest BCUT2D eigenvalue weighted by Crippen LogP contribution is -2.18. The molecule has 0 aliphatic carbocycles. The first-order valence-corrected chi connectivity index (χ1v) is 8.48. The van der Waals surface area contributed by atoms with Crippen LogP contribution in [0.1, 0.15) is 36.4 Å². The van der Waals surface area contributed by atoms with E-state index in [0.29, 0.717) is 6.42 Å². The molecule has 1 aromatic rings. The van der Waals surface area contributed by atoms with Crippen LogP contribution >= 0.6 is 11.3 Å². The SMILES string of the molecule is CCS(=O)(=O)CCCC(NC)c1scnc1C. The summed E-state index contributed by atoms with van der Waals surface area (Å²) < 4.78 is 22.8. The lowest BCUT2D eigenvalue weighted by Gasteiger charge is -2.14. The van der Waals surface area contributed by atoms with Crippen LogP contribution in [0.3, 0.4) is 0 Å². The van der Waals surface area contributed by atoms with Crippen molar-refractivity contribution in [3.05, 3.63) is 16.1 Å². The first kappa shape index (κ1) is 14.6. The molecule has 98 valence electrons. The molecule has 0 saturated heterocycles. The van der Waals surface area contributed by atoms with Crippen molar-refractivity contribution in [1.29, 1.82) is 0 Å². The summed E-state index contributed by atoms with van der Waals surface area (Å²) in [6.45, 7) is 3.68. The zero-order valence-corrected chi connectivity index (χ0v) is 12.2. The summed E-state index contributed by atoms with van der Waals surface area (Å²) in [5.74, 6) is 0.510. The normalized spacial score (nSPS) is 13.8. The van der Waals surface area contributed by atoms with E-state index in [0.717, 1.165) is 12.1 Å². The van der Waals surface area contributed by atoms with Gasteiger partial charge in [0.1, 0.15) is 9.84 Å². The fraction of sp³-hybridized carbons (Fsp3) is 0.727. The van der Waals surface area contributed by atoms with Crippen molar-refractivity contribution in [2.45, 2.75) is 32.7 Å². The molecule has 0 spiro atoms. The van der Waals surface area contributed by atoms with Crippen LogP contribution in [0.2, 0.25) is 0 Å². The van der Waals surface area contributed by atoms with Gasteiger partial charge in [-0.15, -0.1) is 11.3 Å². The summed E-state index contributed by atoms with van der Waals surface area (Å²) in [7, 11) is -0.941. The minimum Gasteiger partial charge on any atom is -0.312 e. The molecule has 6 heteroatoms. The van der Waals surface area contributed by atoms with Crippen molar-refractivity contribution < 1.29 is 8.42 Å². The van der Waals surface area contributed by atoms with E-state index in [-0.39, 0.29) is 17.5 Å². The number of nitrogens with one attached hydrogen (secondary N) is 1. The Bertz CT molecular complexity index is 440. The molecule has 0 fully saturated rings. The van der Waals surface area contributed by atoms with E-state index in [4.69, 9.17) is 0 Å². The Labute approximate surface area is 107 Å². The minimum absolute atomic E-state index is 0.217. The number of rotatable bonds is 7. The van der Waals surface area contributed by atoms with E-state index >= 15 is 0 Å². The van der Waals surface area contributed by atoms with Gasteiger partial charge in [0.15, 0.2) is 0 Å². The summed E-state index contributed by atoms with van der Waals surface area (Å²) in [4.78, 5) is 5.43. The molecule has 1 atom stereocenters. The van der Waals surface area contributed by atoms with Crippen LogP contribution in [0.15, 0.2) is 5.51 Å². The first-order valence-electron chi connectivity index (χ1n) is 5.78. The lowest BCUT2D eigenvalue weighted by atomic mass is 10.1. The summed E-state index contributed by atoms with van der Waals surface area (Å²) >= 11 is 1.62. The van der Waals surface area contributed by atoms with E-state index in [1.165, 1.54) is 4.88 Å². The van der Waals surface area contributed by atoms with E-state index in [2.05, 4.69) is 10.3 Å². The van der Waals surface area contributed by atoms with Crippen LogP contribution in [0.4, 0.5) is 0 Å². The number of nitrogens with zero attached hydrogens (tertiary/aromatic N) is 1. The van der Waals surface area contributed by atoms with Crippen molar-refractivity contribution in [2.24, 2.45) is 0 Å². The van der Waals surface area contributed by atoms with Gasteiger partial charge in [-0.25, -0.2) is 13.4 Å². The Balaban J connectivity index is 2.52. The van der Waals surface area contributed by atoms with Crippen molar-refractivity contribution in [2.75, 3.05) is 18.6 Å². The molecule has 0 radical (unpaired) electrons. The molecule has 0 aliphatic rings. The maximum absolute atomic E-state index is 11.4. The van der Waals surface area contributed by atoms with E-state index < -0.39 is 9.84 Å². The highest BCUT2D eigenvalue weighted by Crippen LogP contribution is 2.25. The number of sulfone groups is 1. The van der Waals surface area contributed by atoms with Crippen LogP contribution in [0.25, 0.3) is 0 Å². The molecule has 1 aromatic heterocycles. The average molecular weight is 276 g/mol. The van der Waals surface area contributed by atoms with Crippen molar-refractivity contribution in [3.63, 3.8) is 0 Å². The lowest BCUT2D eigenvalue weighted by molar-refractivity contribution is 0.540. The van der Waals surface area contributed by atoms with Gasteiger partial charge in [-0.3, -0.25) is 0 Å². The van der Waals surface area contributed by atoms with Crippen LogP contribution in [-0.2, 0) is 9.84 Å². The van der Waals surface area contributed by atoms with Gasteiger partial charge in [0.2, 0.25) is 0 Å². The third-order valence-corrected chi connectivity index (χ3v) is 5.67. The minimum atomic E-state index is -2.84. The number of thiazole rings is 1. The fourth-order valence-electron chi connectivity index (χ4n) is 1.70.